The largest absolute Gasteiger partial charge is 0.452 e. The predicted molar refractivity (Wildman–Crippen MR) is 96.0 cm³/mol. The normalized spacial score (nSPS) is 10.9. The van der Waals surface area contributed by atoms with Crippen LogP contribution in [0, 0.1) is 20.8 Å². The third kappa shape index (κ3) is 5.04. The van der Waals surface area contributed by atoms with Gasteiger partial charge in [0, 0.05) is 24.4 Å². The SMILES string of the molecule is CNC(=O)COC(=O)/C=C/c1c(C)nn(Cc2ccc(C)cc2)c1C. The molecule has 6 nitrogen and oxygen atoms in total. The number of hydrogen-bond donors (Lipinski definition) is 1. The molecule has 0 saturated carbocycles. The molecule has 6 heteroatoms. The predicted octanol–water partition coefficient (Wildman–Crippen LogP) is 2.16. The number of esters is 1. The quantitative estimate of drug-likeness (QED) is 0.645. The van der Waals surface area contributed by atoms with Crippen molar-refractivity contribution in [1.29, 1.82) is 0 Å². The van der Waals surface area contributed by atoms with E-state index in [1.165, 1.54) is 18.7 Å². The van der Waals surface area contributed by atoms with Gasteiger partial charge >= 0.3 is 5.97 Å². The summed E-state index contributed by atoms with van der Waals surface area (Å²) in [6.07, 6.45) is 2.99. The number of aromatic nitrogens is 2. The van der Waals surface area contributed by atoms with E-state index in [0.29, 0.717) is 6.54 Å². The summed E-state index contributed by atoms with van der Waals surface area (Å²) in [5, 5.41) is 6.93. The highest BCUT2D eigenvalue weighted by atomic mass is 16.5. The molecule has 1 N–H and O–H groups in total. The van der Waals surface area contributed by atoms with Crippen LogP contribution in [-0.4, -0.2) is 35.3 Å². The first-order chi connectivity index (χ1) is 11.9. The number of benzene rings is 1. The summed E-state index contributed by atoms with van der Waals surface area (Å²) >= 11 is 0. The molecule has 0 bridgehead atoms. The van der Waals surface area contributed by atoms with Gasteiger partial charge in [0.2, 0.25) is 0 Å². The van der Waals surface area contributed by atoms with E-state index in [1.807, 2.05) is 18.5 Å². The van der Waals surface area contributed by atoms with Crippen molar-refractivity contribution in [2.75, 3.05) is 13.7 Å². The van der Waals surface area contributed by atoms with E-state index in [4.69, 9.17) is 4.74 Å². The van der Waals surface area contributed by atoms with Crippen LogP contribution in [0.15, 0.2) is 30.3 Å². The second-order valence-corrected chi connectivity index (χ2v) is 5.84. The van der Waals surface area contributed by atoms with Crippen molar-refractivity contribution in [3.8, 4) is 0 Å². The Morgan fingerprint density at radius 1 is 1.20 bits per heavy atom. The van der Waals surface area contributed by atoms with Gasteiger partial charge in [-0.05, 0) is 32.4 Å². The van der Waals surface area contributed by atoms with E-state index in [9.17, 15) is 9.59 Å². The first kappa shape index (κ1) is 18.4. The first-order valence-corrected chi connectivity index (χ1v) is 8.05. The molecule has 0 aliphatic rings. The summed E-state index contributed by atoms with van der Waals surface area (Å²) in [4.78, 5) is 22.7. The molecule has 0 aliphatic carbocycles. The molecule has 2 rings (SSSR count). The Balaban J connectivity index is 2.08. The lowest BCUT2D eigenvalue weighted by Gasteiger charge is -2.05. The zero-order valence-corrected chi connectivity index (χ0v) is 15.0. The summed E-state index contributed by atoms with van der Waals surface area (Å²) < 4.78 is 6.76. The number of aryl methyl sites for hydroxylation is 2. The number of carbonyl (C=O) groups excluding carboxylic acids is 2. The van der Waals surface area contributed by atoms with Crippen LogP contribution < -0.4 is 5.32 Å². The number of nitrogens with zero attached hydrogens (tertiary/aromatic N) is 2. The van der Waals surface area contributed by atoms with Gasteiger partial charge in [-0.15, -0.1) is 0 Å². The third-order valence-corrected chi connectivity index (χ3v) is 3.90. The second-order valence-electron chi connectivity index (χ2n) is 5.84. The van der Waals surface area contributed by atoms with Gasteiger partial charge in [0.15, 0.2) is 6.61 Å². The van der Waals surface area contributed by atoms with Crippen molar-refractivity contribution < 1.29 is 14.3 Å². The molecule has 0 saturated heterocycles. The van der Waals surface area contributed by atoms with E-state index in [-0.39, 0.29) is 12.5 Å². The minimum absolute atomic E-state index is 0.287. The number of nitrogens with one attached hydrogen (secondary N) is 1. The lowest BCUT2D eigenvalue weighted by molar-refractivity contribution is -0.143. The highest BCUT2D eigenvalue weighted by Crippen LogP contribution is 2.16. The van der Waals surface area contributed by atoms with Crippen LogP contribution in [0.1, 0.15) is 28.1 Å². The van der Waals surface area contributed by atoms with Crippen LogP contribution in [0.4, 0.5) is 0 Å². The summed E-state index contributed by atoms with van der Waals surface area (Å²) in [5.74, 6) is -0.909. The summed E-state index contributed by atoms with van der Waals surface area (Å²) in [5.41, 5.74) is 5.06. The van der Waals surface area contributed by atoms with Crippen LogP contribution in [-0.2, 0) is 20.9 Å². The smallest absolute Gasteiger partial charge is 0.331 e. The standard InChI is InChI=1S/C19H23N3O3/c1-13-5-7-16(8-6-13)11-22-15(3)17(14(2)21-22)9-10-19(24)25-12-18(23)20-4/h5-10H,11-12H2,1-4H3,(H,20,23)/b10-9+. The minimum atomic E-state index is -0.561. The fourth-order valence-corrected chi connectivity index (χ4v) is 2.38. The third-order valence-electron chi connectivity index (χ3n) is 3.90. The summed E-state index contributed by atoms with van der Waals surface area (Å²) in [6.45, 7) is 6.29. The van der Waals surface area contributed by atoms with Crippen molar-refractivity contribution in [3.05, 3.63) is 58.4 Å². The number of rotatable bonds is 6. The highest BCUT2D eigenvalue weighted by molar-refractivity contribution is 5.89. The number of carbonyl (C=O) groups is 2. The maximum Gasteiger partial charge on any atom is 0.331 e. The van der Waals surface area contributed by atoms with E-state index in [0.717, 1.165) is 22.5 Å². The molecule has 2 aromatic rings. The number of likely N-dealkylation sites (N-methyl/N-ethyl adjacent to an activating group) is 1. The molecule has 1 aromatic carbocycles. The summed E-state index contributed by atoms with van der Waals surface area (Å²) in [7, 11) is 1.49. The van der Waals surface area contributed by atoms with Gasteiger partial charge in [0.25, 0.3) is 5.91 Å². The molecule has 0 aliphatic heterocycles. The van der Waals surface area contributed by atoms with Crippen LogP contribution in [0.2, 0.25) is 0 Å². The lowest BCUT2D eigenvalue weighted by Crippen LogP contribution is -2.24. The van der Waals surface area contributed by atoms with Crippen LogP contribution in [0.3, 0.4) is 0 Å². The molecule has 0 unspecified atom stereocenters. The van der Waals surface area contributed by atoms with E-state index >= 15 is 0 Å². The van der Waals surface area contributed by atoms with Gasteiger partial charge in [-0.2, -0.15) is 5.10 Å². The number of amides is 1. The van der Waals surface area contributed by atoms with Crippen LogP contribution in [0.5, 0.6) is 0 Å². The Kier molecular flexibility index (Phi) is 6.11. The Hall–Kier alpha value is -2.89. The Morgan fingerprint density at radius 2 is 1.88 bits per heavy atom. The molecule has 0 radical (unpaired) electrons. The molecule has 1 heterocycles. The van der Waals surface area contributed by atoms with E-state index in [1.54, 1.807) is 6.08 Å². The molecule has 0 spiro atoms. The minimum Gasteiger partial charge on any atom is -0.452 e. The maximum atomic E-state index is 11.7. The fraction of sp³-hybridized carbons (Fsp3) is 0.316. The molecule has 25 heavy (non-hydrogen) atoms. The van der Waals surface area contributed by atoms with Crippen LogP contribution >= 0.6 is 0 Å². The van der Waals surface area contributed by atoms with Crippen molar-refractivity contribution in [2.24, 2.45) is 0 Å². The van der Waals surface area contributed by atoms with Gasteiger partial charge in [-0.3, -0.25) is 9.48 Å². The molecule has 1 amide bonds. The van der Waals surface area contributed by atoms with Gasteiger partial charge in [0.1, 0.15) is 0 Å². The van der Waals surface area contributed by atoms with Gasteiger partial charge < -0.3 is 10.1 Å². The first-order valence-electron chi connectivity index (χ1n) is 8.05. The van der Waals surface area contributed by atoms with E-state index < -0.39 is 5.97 Å². The topological polar surface area (TPSA) is 73.2 Å². The molecule has 0 atom stereocenters. The monoisotopic (exact) mass is 341 g/mol. The van der Waals surface area contributed by atoms with Crippen molar-refractivity contribution in [3.63, 3.8) is 0 Å². The highest BCUT2D eigenvalue weighted by Gasteiger charge is 2.10. The fourth-order valence-electron chi connectivity index (χ4n) is 2.38. The zero-order valence-electron chi connectivity index (χ0n) is 15.0. The van der Waals surface area contributed by atoms with Gasteiger partial charge in [-0.25, -0.2) is 4.79 Å². The van der Waals surface area contributed by atoms with Crippen molar-refractivity contribution >= 4 is 18.0 Å². The average Bonchev–Trinajstić information content (AvgIpc) is 2.86. The van der Waals surface area contributed by atoms with Crippen molar-refractivity contribution in [2.45, 2.75) is 27.3 Å². The Labute approximate surface area is 147 Å². The molecular formula is C19H23N3O3. The van der Waals surface area contributed by atoms with E-state index in [2.05, 4.69) is 41.6 Å². The van der Waals surface area contributed by atoms with Gasteiger partial charge in [0.05, 0.1) is 12.2 Å². The number of ether oxygens (including phenoxy) is 1. The zero-order chi connectivity index (χ0) is 18.4. The van der Waals surface area contributed by atoms with Crippen LogP contribution in [0.25, 0.3) is 6.08 Å². The maximum absolute atomic E-state index is 11.7. The Morgan fingerprint density at radius 3 is 2.52 bits per heavy atom. The second kappa shape index (κ2) is 8.28. The number of hydrogen-bond acceptors (Lipinski definition) is 4. The molecule has 132 valence electrons. The average molecular weight is 341 g/mol. The summed E-state index contributed by atoms with van der Waals surface area (Å²) in [6, 6.07) is 8.31. The van der Waals surface area contributed by atoms with Crippen molar-refractivity contribution in [1.82, 2.24) is 15.1 Å². The molecular weight excluding hydrogens is 318 g/mol. The lowest BCUT2D eigenvalue weighted by atomic mass is 10.1. The molecule has 1 aromatic heterocycles. The molecule has 0 fully saturated rings. The van der Waals surface area contributed by atoms with Gasteiger partial charge in [-0.1, -0.05) is 29.8 Å². The Bertz CT molecular complexity index is 789.